The minimum atomic E-state index is -6.03. The summed E-state index contributed by atoms with van der Waals surface area (Å²) in [7, 11) is -3.07. The van der Waals surface area contributed by atoms with Crippen molar-refractivity contribution in [1.82, 2.24) is 0 Å². The lowest BCUT2D eigenvalue weighted by atomic mass is 9.90. The van der Waals surface area contributed by atoms with Crippen molar-refractivity contribution in [3.63, 3.8) is 0 Å². The van der Waals surface area contributed by atoms with E-state index in [1.54, 1.807) is 6.92 Å². The standard InChI is InChI=1S/C28H26F6O7S/c1-3-4-18-15-19(26(36,27(29,30)31)28(32,33)34)8-14-24(18)41-20-9-12-22(25(16-20)40-2)23(35)13-7-17-5-10-21(11-6-17)42(37,38)39/h5-6,8-12,14-16,36H,3-4,7,13H2,1-2H3,(H,37,38,39). The Morgan fingerprint density at radius 1 is 0.857 bits per heavy atom. The molecule has 3 aromatic carbocycles. The van der Waals surface area contributed by atoms with Gasteiger partial charge >= 0.3 is 12.4 Å². The molecule has 228 valence electrons. The number of carbonyl (C=O) groups is 1. The fourth-order valence-electron chi connectivity index (χ4n) is 4.17. The third-order valence-electron chi connectivity index (χ3n) is 6.38. The summed E-state index contributed by atoms with van der Waals surface area (Å²) in [6.07, 6.45) is -11.4. The SMILES string of the molecule is CCCc1cc(C(O)(C(F)(F)F)C(F)(F)F)ccc1Oc1ccc(C(=O)CCc2ccc(S(=O)(=O)O)cc2)c(OC)c1. The second-order valence-corrected chi connectivity index (χ2v) is 10.7. The van der Waals surface area contributed by atoms with Crippen LogP contribution in [0.2, 0.25) is 0 Å². The quantitative estimate of drug-likeness (QED) is 0.138. The number of halogens is 6. The molecule has 0 saturated carbocycles. The third kappa shape index (κ3) is 7.05. The van der Waals surface area contributed by atoms with Crippen molar-refractivity contribution in [3.8, 4) is 17.2 Å². The minimum absolute atomic E-state index is 0.00517. The Morgan fingerprint density at radius 2 is 1.48 bits per heavy atom. The number of hydrogen-bond acceptors (Lipinski definition) is 6. The zero-order valence-electron chi connectivity index (χ0n) is 22.2. The van der Waals surface area contributed by atoms with Gasteiger partial charge in [-0.3, -0.25) is 9.35 Å². The van der Waals surface area contributed by atoms with Gasteiger partial charge in [-0.1, -0.05) is 31.5 Å². The van der Waals surface area contributed by atoms with Crippen molar-refractivity contribution in [1.29, 1.82) is 0 Å². The van der Waals surface area contributed by atoms with Gasteiger partial charge in [0.2, 0.25) is 0 Å². The van der Waals surface area contributed by atoms with E-state index in [1.165, 1.54) is 49.6 Å². The molecule has 0 fully saturated rings. The summed E-state index contributed by atoms with van der Waals surface area (Å²) in [4.78, 5) is 12.6. The molecule has 0 unspecified atom stereocenters. The number of rotatable bonds is 11. The summed E-state index contributed by atoms with van der Waals surface area (Å²) < 4.78 is 123. The van der Waals surface area contributed by atoms with E-state index in [0.717, 1.165) is 6.07 Å². The van der Waals surface area contributed by atoms with Gasteiger partial charge in [-0.15, -0.1) is 0 Å². The maximum absolute atomic E-state index is 13.4. The highest BCUT2D eigenvalue weighted by atomic mass is 32.2. The Morgan fingerprint density at radius 3 is 2.00 bits per heavy atom. The number of Topliss-reactive ketones (excluding diaryl/α,β-unsaturated/α-hetero) is 1. The fraction of sp³-hybridized carbons (Fsp3) is 0.321. The highest BCUT2D eigenvalue weighted by Crippen LogP contribution is 2.50. The van der Waals surface area contributed by atoms with Crippen LogP contribution in [-0.4, -0.2) is 43.3 Å². The van der Waals surface area contributed by atoms with Crippen molar-refractivity contribution in [3.05, 3.63) is 82.9 Å². The monoisotopic (exact) mass is 620 g/mol. The second-order valence-electron chi connectivity index (χ2n) is 9.28. The van der Waals surface area contributed by atoms with Crippen LogP contribution in [0, 0.1) is 0 Å². The summed E-state index contributed by atoms with van der Waals surface area (Å²) in [5.74, 6) is -0.221. The van der Waals surface area contributed by atoms with E-state index in [0.29, 0.717) is 24.1 Å². The highest BCUT2D eigenvalue weighted by molar-refractivity contribution is 7.85. The Labute approximate surface area is 237 Å². The first-order valence-corrected chi connectivity index (χ1v) is 13.8. The van der Waals surface area contributed by atoms with Gasteiger partial charge in [0.05, 0.1) is 17.6 Å². The zero-order chi connectivity index (χ0) is 31.5. The average molecular weight is 621 g/mol. The van der Waals surface area contributed by atoms with Gasteiger partial charge in [0.15, 0.2) is 5.78 Å². The predicted octanol–water partition coefficient (Wildman–Crippen LogP) is 6.81. The Balaban J connectivity index is 1.84. The smallest absolute Gasteiger partial charge is 0.430 e. The van der Waals surface area contributed by atoms with Gasteiger partial charge in [-0.2, -0.15) is 34.8 Å². The largest absolute Gasteiger partial charge is 0.496 e. The Kier molecular flexibility index (Phi) is 9.64. The van der Waals surface area contributed by atoms with Gasteiger partial charge in [0, 0.05) is 18.1 Å². The normalized spacial score (nSPS) is 12.7. The number of ketones is 1. The van der Waals surface area contributed by atoms with Crippen LogP contribution in [-0.2, 0) is 28.6 Å². The summed E-state index contributed by atoms with van der Waals surface area (Å²) in [6, 6.07) is 11.4. The first kappa shape index (κ1) is 32.9. The molecule has 0 aliphatic heterocycles. The van der Waals surface area contributed by atoms with Crippen molar-refractivity contribution in [2.45, 2.75) is 55.5 Å². The molecule has 7 nitrogen and oxygen atoms in total. The van der Waals surface area contributed by atoms with Crippen LogP contribution in [0.4, 0.5) is 26.3 Å². The molecular formula is C28H26F6O7S. The highest BCUT2D eigenvalue weighted by Gasteiger charge is 2.71. The maximum Gasteiger partial charge on any atom is 0.430 e. The first-order valence-electron chi connectivity index (χ1n) is 12.4. The molecule has 0 radical (unpaired) electrons. The number of methoxy groups -OCH3 is 1. The molecule has 0 bridgehead atoms. The van der Waals surface area contributed by atoms with Crippen LogP contribution in [0.25, 0.3) is 0 Å². The van der Waals surface area contributed by atoms with Crippen LogP contribution < -0.4 is 9.47 Å². The molecule has 0 atom stereocenters. The number of carbonyl (C=O) groups excluding carboxylic acids is 1. The van der Waals surface area contributed by atoms with E-state index in [2.05, 4.69) is 0 Å². The molecule has 3 rings (SSSR count). The third-order valence-corrected chi connectivity index (χ3v) is 7.25. The molecule has 0 aliphatic rings. The fourth-order valence-corrected chi connectivity index (χ4v) is 4.65. The summed E-state index contributed by atoms with van der Waals surface area (Å²) >= 11 is 0. The lowest BCUT2D eigenvalue weighted by Gasteiger charge is -2.33. The lowest BCUT2D eigenvalue weighted by molar-refractivity contribution is -0.376. The topological polar surface area (TPSA) is 110 Å². The molecular weight excluding hydrogens is 594 g/mol. The van der Waals surface area contributed by atoms with Gasteiger partial charge < -0.3 is 14.6 Å². The molecule has 0 aromatic heterocycles. The van der Waals surface area contributed by atoms with Crippen LogP contribution in [0.15, 0.2) is 65.6 Å². The molecule has 0 saturated heterocycles. The van der Waals surface area contributed by atoms with E-state index in [-0.39, 0.29) is 58.3 Å². The Hall–Kier alpha value is -3.62. The van der Waals surface area contributed by atoms with E-state index in [1.807, 2.05) is 0 Å². The summed E-state index contributed by atoms with van der Waals surface area (Å²) in [5, 5.41) is 9.77. The number of aliphatic hydroxyl groups is 1. The molecule has 0 heterocycles. The second kappa shape index (κ2) is 12.3. The van der Waals surface area contributed by atoms with Crippen molar-refractivity contribution in [2.75, 3.05) is 7.11 Å². The maximum atomic E-state index is 13.4. The number of benzene rings is 3. The van der Waals surface area contributed by atoms with Crippen molar-refractivity contribution < 1.29 is 58.7 Å². The number of hydrogen-bond donors (Lipinski definition) is 2. The first-order chi connectivity index (χ1) is 19.4. The molecule has 2 N–H and O–H groups in total. The van der Waals surface area contributed by atoms with E-state index in [4.69, 9.17) is 14.0 Å². The molecule has 14 heteroatoms. The molecule has 0 aliphatic carbocycles. The van der Waals surface area contributed by atoms with E-state index >= 15 is 0 Å². The molecule has 42 heavy (non-hydrogen) atoms. The molecule has 0 amide bonds. The van der Waals surface area contributed by atoms with Gasteiger partial charge in [0.25, 0.3) is 15.7 Å². The van der Waals surface area contributed by atoms with Crippen LogP contribution in [0.1, 0.15) is 46.8 Å². The van der Waals surface area contributed by atoms with E-state index < -0.39 is 33.6 Å². The number of aryl methyl sites for hydroxylation is 2. The van der Waals surface area contributed by atoms with Crippen LogP contribution in [0.5, 0.6) is 17.2 Å². The Bertz CT molecular complexity index is 1520. The van der Waals surface area contributed by atoms with Crippen molar-refractivity contribution >= 4 is 15.9 Å². The summed E-state index contributed by atoms with van der Waals surface area (Å²) in [6.45, 7) is 1.66. The number of alkyl halides is 6. The van der Waals surface area contributed by atoms with Crippen LogP contribution in [0.3, 0.4) is 0 Å². The van der Waals surface area contributed by atoms with Gasteiger partial charge in [-0.05, 0) is 60.4 Å². The van der Waals surface area contributed by atoms with Gasteiger partial charge in [0.1, 0.15) is 17.2 Å². The number of ether oxygens (including phenoxy) is 2. The summed E-state index contributed by atoms with van der Waals surface area (Å²) in [5.41, 5.74) is -5.69. The van der Waals surface area contributed by atoms with Crippen LogP contribution >= 0.6 is 0 Å². The average Bonchev–Trinajstić information content (AvgIpc) is 2.90. The molecule has 0 spiro atoms. The minimum Gasteiger partial charge on any atom is -0.496 e. The van der Waals surface area contributed by atoms with E-state index in [9.17, 15) is 44.7 Å². The lowest BCUT2D eigenvalue weighted by Crippen LogP contribution is -2.53. The zero-order valence-corrected chi connectivity index (χ0v) is 23.0. The predicted molar refractivity (Wildman–Crippen MR) is 138 cm³/mol. The van der Waals surface area contributed by atoms with Gasteiger partial charge in [-0.25, -0.2) is 0 Å². The molecule has 3 aromatic rings. The van der Waals surface area contributed by atoms with Crippen molar-refractivity contribution in [2.24, 2.45) is 0 Å².